The van der Waals surface area contributed by atoms with E-state index >= 15 is 0 Å². The van der Waals surface area contributed by atoms with E-state index in [0.717, 1.165) is 38.1 Å². The molecule has 0 amide bonds. The molecule has 1 aliphatic rings. The summed E-state index contributed by atoms with van der Waals surface area (Å²) in [6, 6.07) is 0.0285. The third-order valence-electron chi connectivity index (χ3n) is 3.29. The Balaban J connectivity index is 1.85. The van der Waals surface area contributed by atoms with Gasteiger partial charge < -0.3 is 10.5 Å². The summed E-state index contributed by atoms with van der Waals surface area (Å²) in [5.74, 6) is 0. The first-order valence-electron chi connectivity index (χ1n) is 6.56. The number of nitrogens with zero attached hydrogens (tertiary/aromatic N) is 3. The molecule has 5 heteroatoms. The Morgan fingerprint density at radius 2 is 2.53 bits per heavy atom. The molecule has 0 aromatic carbocycles. The van der Waals surface area contributed by atoms with Crippen LogP contribution in [0.25, 0.3) is 0 Å². The van der Waals surface area contributed by atoms with Gasteiger partial charge in [-0.25, -0.2) is 4.68 Å². The van der Waals surface area contributed by atoms with Crippen LogP contribution in [0.5, 0.6) is 0 Å². The van der Waals surface area contributed by atoms with Crippen LogP contribution in [0.4, 0.5) is 0 Å². The molecule has 0 spiro atoms. The second kappa shape index (κ2) is 6.12. The molecule has 1 saturated heterocycles. The van der Waals surface area contributed by atoms with Crippen LogP contribution in [0.2, 0.25) is 0 Å². The largest absolute Gasteiger partial charge is 0.378 e. The summed E-state index contributed by atoms with van der Waals surface area (Å²) in [5, 5.41) is 8.01. The Morgan fingerprint density at radius 1 is 1.65 bits per heavy atom. The standard InChI is InChI=1S/C12H22N4O/c1-2-7-16-12(9-14-15-16)11(13)6-5-10-4-3-8-17-10/h9-11H,2-8,13H2,1H3. The van der Waals surface area contributed by atoms with Crippen LogP contribution in [0.3, 0.4) is 0 Å². The van der Waals surface area contributed by atoms with Crippen molar-refractivity contribution in [3.05, 3.63) is 11.9 Å². The lowest BCUT2D eigenvalue weighted by atomic mass is 10.0. The first-order valence-corrected chi connectivity index (χ1v) is 6.56. The van der Waals surface area contributed by atoms with E-state index in [4.69, 9.17) is 10.5 Å². The van der Waals surface area contributed by atoms with Gasteiger partial charge in [-0.15, -0.1) is 5.10 Å². The molecule has 2 rings (SSSR count). The third-order valence-corrected chi connectivity index (χ3v) is 3.29. The van der Waals surface area contributed by atoms with Crippen molar-refractivity contribution in [1.82, 2.24) is 15.0 Å². The average molecular weight is 238 g/mol. The highest BCUT2D eigenvalue weighted by Gasteiger charge is 2.18. The molecule has 0 aliphatic carbocycles. The fourth-order valence-corrected chi connectivity index (χ4v) is 2.32. The molecule has 2 unspecified atom stereocenters. The van der Waals surface area contributed by atoms with Crippen molar-refractivity contribution in [3.63, 3.8) is 0 Å². The maximum atomic E-state index is 6.19. The maximum Gasteiger partial charge on any atom is 0.0754 e. The zero-order valence-electron chi connectivity index (χ0n) is 10.5. The van der Waals surface area contributed by atoms with Crippen LogP contribution in [0.15, 0.2) is 6.20 Å². The van der Waals surface area contributed by atoms with Gasteiger partial charge in [-0.05, 0) is 32.1 Å². The molecular weight excluding hydrogens is 216 g/mol. The molecule has 5 nitrogen and oxygen atoms in total. The molecule has 1 aromatic rings. The monoisotopic (exact) mass is 238 g/mol. The van der Waals surface area contributed by atoms with E-state index in [1.807, 2.05) is 4.68 Å². The van der Waals surface area contributed by atoms with Gasteiger partial charge in [0.25, 0.3) is 0 Å². The summed E-state index contributed by atoms with van der Waals surface area (Å²) in [7, 11) is 0. The predicted octanol–water partition coefficient (Wildman–Crippen LogP) is 1.65. The Hall–Kier alpha value is -0.940. The first-order chi connectivity index (χ1) is 8.31. The van der Waals surface area contributed by atoms with Crippen molar-refractivity contribution < 1.29 is 4.74 Å². The van der Waals surface area contributed by atoms with Gasteiger partial charge in [-0.1, -0.05) is 12.1 Å². The molecule has 1 fully saturated rings. The van der Waals surface area contributed by atoms with Crippen molar-refractivity contribution >= 4 is 0 Å². The van der Waals surface area contributed by atoms with E-state index in [1.54, 1.807) is 6.20 Å². The molecule has 2 atom stereocenters. The third kappa shape index (κ3) is 3.26. The molecule has 0 bridgehead atoms. The van der Waals surface area contributed by atoms with Crippen molar-refractivity contribution in [3.8, 4) is 0 Å². The molecule has 1 aromatic heterocycles. The number of nitrogens with two attached hydrogens (primary N) is 1. The summed E-state index contributed by atoms with van der Waals surface area (Å²) in [6.45, 7) is 3.93. The van der Waals surface area contributed by atoms with Gasteiger partial charge in [-0.2, -0.15) is 0 Å². The fourth-order valence-electron chi connectivity index (χ4n) is 2.32. The fraction of sp³-hybridized carbons (Fsp3) is 0.833. The van der Waals surface area contributed by atoms with Crippen molar-refractivity contribution in [2.75, 3.05) is 6.61 Å². The average Bonchev–Trinajstić information content (AvgIpc) is 2.97. The smallest absolute Gasteiger partial charge is 0.0754 e. The summed E-state index contributed by atoms with van der Waals surface area (Å²) in [4.78, 5) is 0. The summed E-state index contributed by atoms with van der Waals surface area (Å²) in [6.07, 6.45) is 7.61. The predicted molar refractivity (Wildman–Crippen MR) is 65.4 cm³/mol. The van der Waals surface area contributed by atoms with E-state index in [-0.39, 0.29) is 6.04 Å². The Kier molecular flexibility index (Phi) is 4.50. The number of ether oxygens (including phenoxy) is 1. The van der Waals surface area contributed by atoms with E-state index in [1.165, 1.54) is 12.8 Å². The van der Waals surface area contributed by atoms with Crippen LogP contribution >= 0.6 is 0 Å². The second-order valence-electron chi connectivity index (χ2n) is 4.70. The number of hydrogen-bond acceptors (Lipinski definition) is 4. The zero-order valence-corrected chi connectivity index (χ0v) is 10.5. The van der Waals surface area contributed by atoms with Crippen LogP contribution < -0.4 is 5.73 Å². The summed E-state index contributed by atoms with van der Waals surface area (Å²) in [5.41, 5.74) is 7.24. The van der Waals surface area contributed by atoms with Crippen LogP contribution in [-0.2, 0) is 11.3 Å². The van der Waals surface area contributed by atoms with E-state index < -0.39 is 0 Å². The van der Waals surface area contributed by atoms with E-state index in [0.29, 0.717) is 6.10 Å². The zero-order chi connectivity index (χ0) is 12.1. The van der Waals surface area contributed by atoms with Gasteiger partial charge in [0, 0.05) is 19.2 Å². The number of aryl methyl sites for hydroxylation is 1. The highest BCUT2D eigenvalue weighted by atomic mass is 16.5. The van der Waals surface area contributed by atoms with Gasteiger partial charge in [0.2, 0.25) is 0 Å². The van der Waals surface area contributed by atoms with E-state index in [9.17, 15) is 0 Å². The molecule has 0 radical (unpaired) electrons. The molecule has 1 aliphatic heterocycles. The van der Waals surface area contributed by atoms with Crippen LogP contribution in [0.1, 0.15) is 50.8 Å². The number of aromatic nitrogens is 3. The highest BCUT2D eigenvalue weighted by molar-refractivity contribution is 5.01. The molecule has 17 heavy (non-hydrogen) atoms. The number of hydrogen-bond donors (Lipinski definition) is 1. The topological polar surface area (TPSA) is 66.0 Å². The molecule has 96 valence electrons. The van der Waals surface area contributed by atoms with E-state index in [2.05, 4.69) is 17.2 Å². The SMILES string of the molecule is CCCn1nncc1C(N)CCC1CCCO1. The van der Waals surface area contributed by atoms with Gasteiger partial charge in [0.05, 0.1) is 18.0 Å². The maximum absolute atomic E-state index is 6.19. The van der Waals surface area contributed by atoms with Crippen molar-refractivity contribution in [1.29, 1.82) is 0 Å². The number of rotatable bonds is 6. The lowest BCUT2D eigenvalue weighted by molar-refractivity contribution is 0.100. The Morgan fingerprint density at radius 3 is 3.24 bits per heavy atom. The van der Waals surface area contributed by atoms with Gasteiger partial charge >= 0.3 is 0 Å². The summed E-state index contributed by atoms with van der Waals surface area (Å²) >= 11 is 0. The van der Waals surface area contributed by atoms with Crippen LogP contribution in [-0.4, -0.2) is 27.7 Å². The quantitative estimate of drug-likeness (QED) is 0.818. The van der Waals surface area contributed by atoms with Gasteiger partial charge in [-0.3, -0.25) is 0 Å². The molecule has 2 heterocycles. The molecule has 2 N–H and O–H groups in total. The lowest BCUT2D eigenvalue weighted by Crippen LogP contribution is -2.18. The minimum absolute atomic E-state index is 0.0285. The second-order valence-corrected chi connectivity index (χ2v) is 4.70. The van der Waals surface area contributed by atoms with Crippen molar-refractivity contribution in [2.45, 2.75) is 57.7 Å². The summed E-state index contributed by atoms with van der Waals surface area (Å²) < 4.78 is 7.52. The van der Waals surface area contributed by atoms with Gasteiger partial charge in [0.15, 0.2) is 0 Å². The molecular formula is C12H22N4O. The lowest BCUT2D eigenvalue weighted by Gasteiger charge is -2.15. The first kappa shape index (κ1) is 12.5. The van der Waals surface area contributed by atoms with Crippen LogP contribution in [0, 0.1) is 0 Å². The Labute approximate surface area is 102 Å². The van der Waals surface area contributed by atoms with Gasteiger partial charge in [0.1, 0.15) is 0 Å². The Bertz CT molecular complexity index is 333. The molecule has 0 saturated carbocycles. The minimum Gasteiger partial charge on any atom is -0.378 e. The minimum atomic E-state index is 0.0285. The highest BCUT2D eigenvalue weighted by Crippen LogP contribution is 2.22. The normalized spacial score (nSPS) is 21.9. The van der Waals surface area contributed by atoms with Crippen molar-refractivity contribution in [2.24, 2.45) is 5.73 Å².